The van der Waals surface area contributed by atoms with Crippen molar-refractivity contribution in [3.63, 3.8) is 0 Å². The fraction of sp³-hybridized carbons (Fsp3) is 0.176. The van der Waals surface area contributed by atoms with E-state index in [0.717, 1.165) is 6.26 Å². The number of carbonyl (C=O) groups excluding carboxylic acids is 2. The second-order valence-electron chi connectivity index (χ2n) is 5.17. The van der Waals surface area contributed by atoms with E-state index in [4.69, 9.17) is 0 Å². The number of rotatable bonds is 5. The Balaban J connectivity index is 2.11. The molecule has 2 aromatic rings. The highest BCUT2D eigenvalue weighted by molar-refractivity contribution is 7.90. The number of benzene rings is 2. The molecular formula is C17H17NO5S. The number of amides is 1. The van der Waals surface area contributed by atoms with Crippen molar-refractivity contribution in [3.05, 3.63) is 59.7 Å². The Kier molecular flexibility index (Phi) is 5.35. The number of hydrogen-bond acceptors (Lipinski definition) is 5. The summed E-state index contributed by atoms with van der Waals surface area (Å²) in [4.78, 5) is 23.6. The summed E-state index contributed by atoms with van der Waals surface area (Å²) in [7, 11) is -2.11. The monoisotopic (exact) mass is 347 g/mol. The normalized spacial score (nSPS) is 10.9. The number of sulfone groups is 1. The first-order valence-corrected chi connectivity index (χ1v) is 8.96. The molecule has 0 aliphatic rings. The number of esters is 1. The zero-order chi connectivity index (χ0) is 17.7. The van der Waals surface area contributed by atoms with E-state index in [2.05, 4.69) is 10.1 Å². The van der Waals surface area contributed by atoms with Crippen molar-refractivity contribution in [1.29, 1.82) is 0 Å². The zero-order valence-corrected chi connectivity index (χ0v) is 14.1. The smallest absolute Gasteiger partial charge is 0.337 e. The first-order chi connectivity index (χ1) is 11.3. The van der Waals surface area contributed by atoms with Crippen LogP contribution in [-0.4, -0.2) is 33.7 Å². The molecular weight excluding hydrogens is 330 g/mol. The Morgan fingerprint density at radius 3 is 2.25 bits per heavy atom. The van der Waals surface area contributed by atoms with E-state index in [9.17, 15) is 18.0 Å². The van der Waals surface area contributed by atoms with Gasteiger partial charge in [-0.2, -0.15) is 0 Å². The molecule has 0 aliphatic carbocycles. The number of carbonyl (C=O) groups is 2. The van der Waals surface area contributed by atoms with Gasteiger partial charge in [0.2, 0.25) is 5.91 Å². The van der Waals surface area contributed by atoms with Crippen molar-refractivity contribution in [2.75, 3.05) is 18.7 Å². The van der Waals surface area contributed by atoms with Gasteiger partial charge in [0.25, 0.3) is 0 Å². The van der Waals surface area contributed by atoms with Crippen molar-refractivity contribution in [2.24, 2.45) is 0 Å². The second kappa shape index (κ2) is 7.27. The first kappa shape index (κ1) is 17.7. The summed E-state index contributed by atoms with van der Waals surface area (Å²) < 4.78 is 28.1. The van der Waals surface area contributed by atoms with Crippen LogP contribution in [0.4, 0.5) is 5.69 Å². The topological polar surface area (TPSA) is 89.5 Å². The lowest BCUT2D eigenvalue weighted by atomic mass is 10.1. The van der Waals surface area contributed by atoms with Crippen molar-refractivity contribution >= 4 is 27.4 Å². The van der Waals surface area contributed by atoms with E-state index in [1.54, 1.807) is 30.3 Å². The molecule has 2 rings (SSSR count). The summed E-state index contributed by atoms with van der Waals surface area (Å²) >= 11 is 0. The number of anilines is 1. The van der Waals surface area contributed by atoms with Gasteiger partial charge in [0.1, 0.15) is 0 Å². The van der Waals surface area contributed by atoms with Crippen LogP contribution in [0.5, 0.6) is 0 Å². The molecule has 0 saturated carbocycles. The third kappa shape index (κ3) is 4.42. The molecule has 0 saturated heterocycles. The average Bonchev–Trinajstić information content (AvgIpc) is 2.54. The Morgan fingerprint density at radius 2 is 1.67 bits per heavy atom. The highest BCUT2D eigenvalue weighted by atomic mass is 32.2. The molecule has 6 nitrogen and oxygen atoms in total. The molecule has 0 radical (unpaired) electrons. The van der Waals surface area contributed by atoms with Gasteiger partial charge in [0.05, 0.1) is 24.0 Å². The zero-order valence-electron chi connectivity index (χ0n) is 13.3. The minimum absolute atomic E-state index is 0.0675. The maximum atomic E-state index is 12.1. The Labute approximate surface area is 140 Å². The van der Waals surface area contributed by atoms with Gasteiger partial charge in [0.15, 0.2) is 9.84 Å². The van der Waals surface area contributed by atoms with Gasteiger partial charge in [-0.1, -0.05) is 18.2 Å². The van der Waals surface area contributed by atoms with Gasteiger partial charge in [-0.25, -0.2) is 13.2 Å². The maximum Gasteiger partial charge on any atom is 0.337 e. The molecule has 0 aliphatic heterocycles. The van der Waals surface area contributed by atoms with Gasteiger partial charge in [-0.15, -0.1) is 0 Å². The van der Waals surface area contributed by atoms with E-state index in [-0.39, 0.29) is 17.2 Å². The number of methoxy groups -OCH3 is 1. The third-order valence-corrected chi connectivity index (χ3v) is 4.51. The van der Waals surface area contributed by atoms with Crippen molar-refractivity contribution < 1.29 is 22.7 Å². The summed E-state index contributed by atoms with van der Waals surface area (Å²) in [5, 5.41) is 2.67. The molecule has 2 aromatic carbocycles. The van der Waals surface area contributed by atoms with Gasteiger partial charge < -0.3 is 10.1 Å². The predicted octanol–water partition coefficient (Wildman–Crippen LogP) is 2.06. The molecule has 24 heavy (non-hydrogen) atoms. The Bertz CT molecular complexity index is 857. The van der Waals surface area contributed by atoms with E-state index >= 15 is 0 Å². The third-order valence-electron chi connectivity index (χ3n) is 3.31. The molecule has 126 valence electrons. The number of hydrogen-bond donors (Lipinski definition) is 1. The van der Waals surface area contributed by atoms with Crippen LogP contribution in [-0.2, 0) is 25.8 Å². The van der Waals surface area contributed by atoms with Crippen molar-refractivity contribution in [1.82, 2.24) is 0 Å². The molecule has 0 aromatic heterocycles. The summed E-state index contributed by atoms with van der Waals surface area (Å²) in [5.41, 5.74) is 1.31. The van der Waals surface area contributed by atoms with Crippen LogP contribution < -0.4 is 5.32 Å². The van der Waals surface area contributed by atoms with Crippen LogP contribution in [0.3, 0.4) is 0 Å². The standard InChI is InChI=1S/C17H17NO5S/c1-23-17(20)12-7-9-14(10-8-12)18-16(19)11-13-5-3-4-6-15(13)24(2,21)22/h3-10H,11H2,1-2H3,(H,18,19). The highest BCUT2D eigenvalue weighted by Crippen LogP contribution is 2.17. The average molecular weight is 347 g/mol. The lowest BCUT2D eigenvalue weighted by Crippen LogP contribution is -2.16. The van der Waals surface area contributed by atoms with Gasteiger partial charge in [-0.05, 0) is 35.9 Å². The van der Waals surface area contributed by atoms with E-state index in [1.165, 1.54) is 25.3 Å². The van der Waals surface area contributed by atoms with Crippen LogP contribution >= 0.6 is 0 Å². The SMILES string of the molecule is COC(=O)c1ccc(NC(=O)Cc2ccccc2S(C)(=O)=O)cc1. The molecule has 0 heterocycles. The minimum atomic E-state index is -3.40. The van der Waals surface area contributed by atoms with Crippen molar-refractivity contribution in [2.45, 2.75) is 11.3 Å². The number of nitrogens with one attached hydrogen (secondary N) is 1. The predicted molar refractivity (Wildman–Crippen MR) is 89.7 cm³/mol. The maximum absolute atomic E-state index is 12.1. The lowest BCUT2D eigenvalue weighted by molar-refractivity contribution is -0.115. The number of ether oxygens (including phenoxy) is 1. The van der Waals surface area contributed by atoms with E-state index < -0.39 is 15.8 Å². The first-order valence-electron chi connectivity index (χ1n) is 7.07. The Morgan fingerprint density at radius 1 is 1.04 bits per heavy atom. The summed E-state index contributed by atoms with van der Waals surface area (Å²) in [6, 6.07) is 12.6. The van der Waals surface area contributed by atoms with Crippen LogP contribution in [0, 0.1) is 0 Å². The highest BCUT2D eigenvalue weighted by Gasteiger charge is 2.15. The fourth-order valence-electron chi connectivity index (χ4n) is 2.20. The van der Waals surface area contributed by atoms with Crippen LogP contribution in [0.2, 0.25) is 0 Å². The van der Waals surface area contributed by atoms with Gasteiger partial charge in [-0.3, -0.25) is 4.79 Å². The van der Waals surface area contributed by atoms with Gasteiger partial charge in [0, 0.05) is 11.9 Å². The van der Waals surface area contributed by atoms with E-state index in [0.29, 0.717) is 16.8 Å². The quantitative estimate of drug-likeness (QED) is 0.836. The molecule has 7 heteroatoms. The van der Waals surface area contributed by atoms with Crippen molar-refractivity contribution in [3.8, 4) is 0 Å². The molecule has 1 amide bonds. The van der Waals surface area contributed by atoms with Gasteiger partial charge >= 0.3 is 5.97 Å². The Hall–Kier alpha value is -2.67. The molecule has 1 N–H and O–H groups in total. The van der Waals surface area contributed by atoms with Crippen LogP contribution in [0.1, 0.15) is 15.9 Å². The second-order valence-corrected chi connectivity index (χ2v) is 7.16. The molecule has 0 bridgehead atoms. The minimum Gasteiger partial charge on any atom is -0.465 e. The summed E-state index contributed by atoms with van der Waals surface area (Å²) in [6.45, 7) is 0. The molecule has 0 atom stereocenters. The summed E-state index contributed by atoms with van der Waals surface area (Å²) in [5.74, 6) is -0.813. The molecule has 0 unspecified atom stereocenters. The van der Waals surface area contributed by atoms with Crippen LogP contribution in [0.15, 0.2) is 53.4 Å². The molecule has 0 fully saturated rings. The van der Waals surface area contributed by atoms with Crippen LogP contribution in [0.25, 0.3) is 0 Å². The molecule has 0 spiro atoms. The van der Waals surface area contributed by atoms with E-state index in [1.807, 2.05) is 0 Å². The largest absolute Gasteiger partial charge is 0.465 e. The fourth-order valence-corrected chi connectivity index (χ4v) is 3.14. The summed E-state index contributed by atoms with van der Waals surface area (Å²) in [6.07, 6.45) is 1.04. The lowest BCUT2D eigenvalue weighted by Gasteiger charge is -2.09.